The Bertz CT molecular complexity index is 326. The lowest BCUT2D eigenvalue weighted by atomic mass is 10.3. The number of ether oxygens (including phenoxy) is 1. The van der Waals surface area contributed by atoms with Gasteiger partial charge in [-0.15, -0.1) is 0 Å². The highest BCUT2D eigenvalue weighted by Crippen LogP contribution is 2.08. The molecule has 90 valence electrons. The lowest BCUT2D eigenvalue weighted by molar-refractivity contribution is -0.0215. The van der Waals surface area contributed by atoms with Gasteiger partial charge in [0.2, 0.25) is 0 Å². The summed E-state index contributed by atoms with van der Waals surface area (Å²) in [6.45, 7) is 7.32. The van der Waals surface area contributed by atoms with Gasteiger partial charge in [-0.05, 0) is 6.92 Å². The van der Waals surface area contributed by atoms with Crippen LogP contribution < -0.4 is 5.73 Å². The van der Waals surface area contributed by atoms with Crippen molar-refractivity contribution in [1.82, 2.24) is 14.5 Å². The van der Waals surface area contributed by atoms with E-state index in [9.17, 15) is 0 Å². The Balaban J connectivity index is 1.87. The Kier molecular flexibility index (Phi) is 3.93. The van der Waals surface area contributed by atoms with E-state index >= 15 is 0 Å². The first-order valence-corrected chi connectivity index (χ1v) is 5.82. The molecule has 16 heavy (non-hydrogen) atoms. The summed E-state index contributed by atoms with van der Waals surface area (Å²) < 4.78 is 7.55. The second kappa shape index (κ2) is 5.43. The van der Waals surface area contributed by atoms with Gasteiger partial charge in [0.25, 0.3) is 0 Å². The first kappa shape index (κ1) is 11.6. The van der Waals surface area contributed by atoms with Gasteiger partial charge in [-0.25, -0.2) is 4.98 Å². The van der Waals surface area contributed by atoms with Gasteiger partial charge >= 0.3 is 0 Å². The number of aromatic nitrogens is 2. The number of hydrogen-bond acceptors (Lipinski definition) is 4. The Morgan fingerprint density at radius 1 is 1.62 bits per heavy atom. The molecule has 1 unspecified atom stereocenters. The van der Waals surface area contributed by atoms with Gasteiger partial charge in [0.15, 0.2) is 0 Å². The van der Waals surface area contributed by atoms with Crippen molar-refractivity contribution >= 4 is 0 Å². The molecule has 0 aliphatic carbocycles. The van der Waals surface area contributed by atoms with Crippen LogP contribution in [0.5, 0.6) is 0 Å². The van der Waals surface area contributed by atoms with E-state index in [0.717, 1.165) is 38.5 Å². The highest BCUT2D eigenvalue weighted by Gasteiger charge is 2.17. The van der Waals surface area contributed by atoms with E-state index in [1.54, 1.807) is 0 Å². The molecule has 5 nitrogen and oxygen atoms in total. The third kappa shape index (κ3) is 3.04. The third-order valence-corrected chi connectivity index (χ3v) is 2.78. The van der Waals surface area contributed by atoms with Crippen LogP contribution in [0.1, 0.15) is 12.6 Å². The number of nitrogens with two attached hydrogens (primary N) is 1. The molecule has 1 atom stereocenters. The van der Waals surface area contributed by atoms with Gasteiger partial charge in [0, 0.05) is 38.9 Å². The predicted octanol–water partition coefficient (Wildman–Crippen LogP) is 0.0625. The van der Waals surface area contributed by atoms with Crippen molar-refractivity contribution in [2.24, 2.45) is 5.73 Å². The Hall–Kier alpha value is -0.910. The fourth-order valence-corrected chi connectivity index (χ4v) is 2.02. The lowest BCUT2D eigenvalue weighted by Gasteiger charge is -2.30. The zero-order valence-electron chi connectivity index (χ0n) is 9.80. The number of morpholine rings is 1. The van der Waals surface area contributed by atoms with Gasteiger partial charge < -0.3 is 15.0 Å². The molecule has 2 N–H and O–H groups in total. The summed E-state index contributed by atoms with van der Waals surface area (Å²) >= 11 is 0. The number of imidazole rings is 1. The van der Waals surface area contributed by atoms with Crippen LogP contribution in [-0.4, -0.2) is 46.8 Å². The van der Waals surface area contributed by atoms with Crippen molar-refractivity contribution in [3.05, 3.63) is 18.2 Å². The van der Waals surface area contributed by atoms with Crippen LogP contribution in [0.2, 0.25) is 0 Å². The molecule has 0 aromatic carbocycles. The molecule has 0 saturated carbocycles. The van der Waals surface area contributed by atoms with Gasteiger partial charge in [-0.2, -0.15) is 0 Å². The zero-order valence-corrected chi connectivity index (χ0v) is 9.80. The maximum Gasteiger partial charge on any atom is 0.0950 e. The van der Waals surface area contributed by atoms with Crippen molar-refractivity contribution in [2.45, 2.75) is 26.1 Å². The summed E-state index contributed by atoms with van der Waals surface area (Å²) in [6, 6.07) is 0. The first-order valence-electron chi connectivity index (χ1n) is 5.82. The van der Waals surface area contributed by atoms with E-state index in [1.165, 1.54) is 0 Å². The third-order valence-electron chi connectivity index (χ3n) is 2.78. The summed E-state index contributed by atoms with van der Waals surface area (Å²) in [5.41, 5.74) is 6.61. The fraction of sp³-hybridized carbons (Fsp3) is 0.727. The topological polar surface area (TPSA) is 56.3 Å². The van der Waals surface area contributed by atoms with Crippen LogP contribution >= 0.6 is 0 Å². The zero-order chi connectivity index (χ0) is 11.4. The highest BCUT2D eigenvalue weighted by atomic mass is 16.5. The Labute approximate surface area is 96.2 Å². The molecular weight excluding hydrogens is 204 g/mol. The van der Waals surface area contributed by atoms with E-state index in [2.05, 4.69) is 23.0 Å². The normalized spacial score (nSPS) is 22.5. The molecule has 1 saturated heterocycles. The van der Waals surface area contributed by atoms with Gasteiger partial charge in [0.1, 0.15) is 0 Å². The molecule has 1 aromatic heterocycles. The molecule has 1 aromatic rings. The molecule has 1 fully saturated rings. The van der Waals surface area contributed by atoms with E-state index in [0.29, 0.717) is 12.6 Å². The number of rotatable bonds is 4. The Morgan fingerprint density at radius 3 is 3.25 bits per heavy atom. The fourth-order valence-electron chi connectivity index (χ4n) is 2.02. The molecule has 0 bridgehead atoms. The predicted molar refractivity (Wildman–Crippen MR) is 62.0 cm³/mol. The van der Waals surface area contributed by atoms with Gasteiger partial charge in [0.05, 0.1) is 24.7 Å². The monoisotopic (exact) mass is 224 g/mol. The summed E-state index contributed by atoms with van der Waals surface area (Å²) in [5, 5.41) is 0. The van der Waals surface area contributed by atoms with E-state index in [-0.39, 0.29) is 0 Å². The van der Waals surface area contributed by atoms with Crippen LogP contribution in [0.15, 0.2) is 12.5 Å². The second-order valence-electron chi connectivity index (χ2n) is 4.31. The van der Waals surface area contributed by atoms with Crippen LogP contribution in [0.25, 0.3) is 0 Å². The van der Waals surface area contributed by atoms with Crippen molar-refractivity contribution in [1.29, 1.82) is 0 Å². The molecule has 0 amide bonds. The average Bonchev–Trinajstić information content (AvgIpc) is 2.66. The molecule has 0 spiro atoms. The van der Waals surface area contributed by atoms with Crippen LogP contribution in [0.4, 0.5) is 0 Å². The summed E-state index contributed by atoms with van der Waals surface area (Å²) in [7, 11) is 0. The second-order valence-corrected chi connectivity index (χ2v) is 4.31. The summed E-state index contributed by atoms with van der Waals surface area (Å²) in [4.78, 5) is 6.76. The van der Waals surface area contributed by atoms with Gasteiger partial charge in [-0.3, -0.25) is 4.90 Å². The first-order chi connectivity index (χ1) is 7.78. The largest absolute Gasteiger partial charge is 0.376 e. The van der Waals surface area contributed by atoms with Crippen molar-refractivity contribution in [3.8, 4) is 0 Å². The molecule has 0 radical (unpaired) electrons. The molecule has 1 aliphatic heterocycles. The Morgan fingerprint density at radius 2 is 2.50 bits per heavy atom. The highest BCUT2D eigenvalue weighted by molar-refractivity contribution is 4.97. The van der Waals surface area contributed by atoms with Gasteiger partial charge in [-0.1, -0.05) is 0 Å². The summed E-state index contributed by atoms with van der Waals surface area (Å²) in [6.07, 6.45) is 4.26. The molecule has 2 rings (SSSR count). The maximum atomic E-state index is 5.51. The van der Waals surface area contributed by atoms with E-state index in [1.807, 2.05) is 10.9 Å². The van der Waals surface area contributed by atoms with Crippen LogP contribution in [0.3, 0.4) is 0 Å². The smallest absolute Gasteiger partial charge is 0.0950 e. The molecule has 1 aliphatic rings. The standard InChI is InChI=1S/C11H20N4O/c1-10-6-14(4-5-16-10)7-11-8-15(3-2-12)9-13-11/h8-10H,2-7,12H2,1H3. The lowest BCUT2D eigenvalue weighted by Crippen LogP contribution is -2.40. The molecule has 5 heteroatoms. The van der Waals surface area contributed by atoms with Crippen LogP contribution in [-0.2, 0) is 17.8 Å². The molecular formula is C11H20N4O. The minimum atomic E-state index is 0.333. The number of nitrogens with zero attached hydrogens (tertiary/aromatic N) is 3. The minimum absolute atomic E-state index is 0.333. The average molecular weight is 224 g/mol. The van der Waals surface area contributed by atoms with Crippen molar-refractivity contribution in [2.75, 3.05) is 26.2 Å². The number of hydrogen-bond donors (Lipinski definition) is 1. The van der Waals surface area contributed by atoms with Crippen molar-refractivity contribution in [3.63, 3.8) is 0 Å². The van der Waals surface area contributed by atoms with E-state index < -0.39 is 0 Å². The molecule has 2 heterocycles. The SMILES string of the molecule is CC1CN(Cc2cn(CCN)cn2)CCO1. The summed E-state index contributed by atoms with van der Waals surface area (Å²) in [5.74, 6) is 0. The van der Waals surface area contributed by atoms with Crippen molar-refractivity contribution < 1.29 is 4.74 Å². The van der Waals surface area contributed by atoms with Crippen LogP contribution in [0, 0.1) is 0 Å². The minimum Gasteiger partial charge on any atom is -0.376 e. The van der Waals surface area contributed by atoms with E-state index in [4.69, 9.17) is 10.5 Å². The maximum absolute atomic E-state index is 5.51. The quantitative estimate of drug-likeness (QED) is 0.786.